The molecular formula is C20H17F2N5O. The molecular weight excluding hydrogens is 364 g/mol. The second-order valence-corrected chi connectivity index (χ2v) is 7.22. The van der Waals surface area contributed by atoms with E-state index in [2.05, 4.69) is 15.2 Å². The van der Waals surface area contributed by atoms with Crippen molar-refractivity contribution in [2.75, 3.05) is 0 Å². The molecule has 3 aromatic rings. The van der Waals surface area contributed by atoms with E-state index in [-0.39, 0.29) is 17.6 Å². The lowest BCUT2D eigenvalue weighted by atomic mass is 10.1. The zero-order valence-corrected chi connectivity index (χ0v) is 14.9. The van der Waals surface area contributed by atoms with Crippen molar-refractivity contribution in [2.45, 2.75) is 37.9 Å². The van der Waals surface area contributed by atoms with E-state index in [0.29, 0.717) is 13.0 Å². The standard InChI is InChI=1S/C20H17F2N5O/c21-13-3-6-16(17(22)8-13)20(28)27-14-4-5-15(27)11-26-18(9-14)24-25-19(26)12-2-1-7-23-10-12/h1-3,6-8,10,14-15H,4-5,9,11H2/t14-,15+/m0/s1. The fourth-order valence-electron chi connectivity index (χ4n) is 4.28. The molecule has 2 atom stereocenters. The average molecular weight is 381 g/mol. The maximum Gasteiger partial charge on any atom is 0.257 e. The SMILES string of the molecule is O=C(c1ccc(F)cc1F)N1[C@@H]2CC[C@H]1Cc1nnc(-c3cccnc3)n1C2. The normalized spacial score (nSPS) is 20.7. The third-order valence-corrected chi connectivity index (χ3v) is 5.57. The molecule has 0 N–H and O–H groups in total. The molecule has 1 fully saturated rings. The number of amides is 1. The van der Waals surface area contributed by atoms with Gasteiger partial charge in [-0.3, -0.25) is 9.78 Å². The highest BCUT2D eigenvalue weighted by molar-refractivity contribution is 5.95. The second-order valence-electron chi connectivity index (χ2n) is 7.22. The Kier molecular flexibility index (Phi) is 3.92. The summed E-state index contributed by atoms with van der Waals surface area (Å²) in [5.41, 5.74) is 0.768. The number of fused-ring (bicyclic) bond motifs is 3. The van der Waals surface area contributed by atoms with Crippen LogP contribution in [0.1, 0.15) is 29.0 Å². The van der Waals surface area contributed by atoms with Gasteiger partial charge >= 0.3 is 0 Å². The minimum Gasteiger partial charge on any atom is -0.330 e. The van der Waals surface area contributed by atoms with E-state index >= 15 is 0 Å². The molecule has 5 rings (SSSR count). The van der Waals surface area contributed by atoms with Crippen LogP contribution >= 0.6 is 0 Å². The second kappa shape index (κ2) is 6.47. The number of rotatable bonds is 2. The number of nitrogens with zero attached hydrogens (tertiary/aromatic N) is 5. The van der Waals surface area contributed by atoms with Gasteiger partial charge in [-0.2, -0.15) is 0 Å². The highest BCUT2D eigenvalue weighted by Gasteiger charge is 2.42. The van der Waals surface area contributed by atoms with Gasteiger partial charge in [-0.15, -0.1) is 10.2 Å². The van der Waals surface area contributed by atoms with Crippen LogP contribution in [0, 0.1) is 11.6 Å². The van der Waals surface area contributed by atoms with Gasteiger partial charge in [0.05, 0.1) is 11.6 Å². The predicted octanol–water partition coefficient (Wildman–Crippen LogP) is 2.85. The Morgan fingerprint density at radius 1 is 1.11 bits per heavy atom. The number of halogens is 2. The zero-order chi connectivity index (χ0) is 19.3. The van der Waals surface area contributed by atoms with Crippen molar-refractivity contribution in [1.29, 1.82) is 0 Å². The van der Waals surface area contributed by atoms with Gasteiger partial charge in [-0.25, -0.2) is 8.78 Å². The molecule has 8 heteroatoms. The lowest BCUT2D eigenvalue weighted by Crippen LogP contribution is -2.42. The number of carbonyl (C=O) groups excluding carboxylic acids is 1. The predicted molar refractivity (Wildman–Crippen MR) is 96.3 cm³/mol. The van der Waals surface area contributed by atoms with E-state index in [1.165, 1.54) is 6.07 Å². The first-order valence-corrected chi connectivity index (χ1v) is 9.22. The number of hydrogen-bond donors (Lipinski definition) is 0. The molecule has 0 radical (unpaired) electrons. The quantitative estimate of drug-likeness (QED) is 0.685. The van der Waals surface area contributed by atoms with E-state index in [4.69, 9.17) is 0 Å². The van der Waals surface area contributed by atoms with E-state index in [1.807, 2.05) is 16.7 Å². The fraction of sp³-hybridized carbons (Fsp3) is 0.300. The summed E-state index contributed by atoms with van der Waals surface area (Å²) in [6.45, 7) is 0.539. The van der Waals surface area contributed by atoms with Gasteiger partial charge in [0.2, 0.25) is 0 Å². The molecule has 2 aliphatic heterocycles. The summed E-state index contributed by atoms with van der Waals surface area (Å²) in [6, 6.07) is 6.69. The molecule has 0 aliphatic carbocycles. The van der Waals surface area contributed by atoms with Crippen molar-refractivity contribution in [1.82, 2.24) is 24.6 Å². The molecule has 0 spiro atoms. The molecule has 28 heavy (non-hydrogen) atoms. The minimum atomic E-state index is -0.830. The Labute approximate surface area is 159 Å². The molecule has 0 saturated carbocycles. The first-order valence-electron chi connectivity index (χ1n) is 9.22. The topological polar surface area (TPSA) is 63.9 Å². The summed E-state index contributed by atoms with van der Waals surface area (Å²) >= 11 is 0. The molecule has 1 amide bonds. The van der Waals surface area contributed by atoms with Crippen molar-refractivity contribution in [3.8, 4) is 11.4 Å². The number of carbonyl (C=O) groups is 1. The summed E-state index contributed by atoms with van der Waals surface area (Å²) in [5.74, 6) is -0.393. The highest BCUT2D eigenvalue weighted by Crippen LogP contribution is 2.34. The van der Waals surface area contributed by atoms with E-state index in [1.54, 1.807) is 17.3 Å². The van der Waals surface area contributed by atoms with Crippen LogP contribution in [0.25, 0.3) is 11.4 Å². The average Bonchev–Trinajstić information content (AvgIpc) is 3.21. The molecule has 2 aromatic heterocycles. The number of hydrogen-bond acceptors (Lipinski definition) is 4. The van der Waals surface area contributed by atoms with E-state index in [0.717, 1.165) is 42.2 Å². The molecule has 0 unspecified atom stereocenters. The first-order chi connectivity index (χ1) is 13.6. The van der Waals surface area contributed by atoms with Gasteiger partial charge in [-0.05, 0) is 37.1 Å². The monoisotopic (exact) mass is 381 g/mol. The van der Waals surface area contributed by atoms with Crippen LogP contribution in [0.2, 0.25) is 0 Å². The van der Waals surface area contributed by atoms with Crippen molar-refractivity contribution in [2.24, 2.45) is 0 Å². The molecule has 1 aromatic carbocycles. The Balaban J connectivity index is 1.50. The number of aromatic nitrogens is 4. The van der Waals surface area contributed by atoms with Crippen molar-refractivity contribution in [3.63, 3.8) is 0 Å². The van der Waals surface area contributed by atoms with Gasteiger partial charge in [0.15, 0.2) is 5.82 Å². The summed E-state index contributed by atoms with van der Waals surface area (Å²) < 4.78 is 29.5. The molecule has 2 bridgehead atoms. The van der Waals surface area contributed by atoms with Crippen LogP contribution in [0.15, 0.2) is 42.7 Å². The van der Waals surface area contributed by atoms with Crippen LogP contribution in [-0.2, 0) is 13.0 Å². The van der Waals surface area contributed by atoms with E-state index < -0.39 is 17.5 Å². The smallest absolute Gasteiger partial charge is 0.257 e. The van der Waals surface area contributed by atoms with Crippen LogP contribution in [0.3, 0.4) is 0 Å². The van der Waals surface area contributed by atoms with Crippen LogP contribution in [0.5, 0.6) is 0 Å². The molecule has 2 aliphatic rings. The van der Waals surface area contributed by atoms with Gasteiger partial charge in [0.1, 0.15) is 17.5 Å². The summed E-state index contributed by atoms with van der Waals surface area (Å²) in [6.07, 6.45) is 5.63. The fourth-order valence-corrected chi connectivity index (χ4v) is 4.28. The minimum absolute atomic E-state index is 0.0749. The Morgan fingerprint density at radius 2 is 1.96 bits per heavy atom. The number of benzene rings is 1. The van der Waals surface area contributed by atoms with Crippen LogP contribution in [0.4, 0.5) is 8.78 Å². The van der Waals surface area contributed by atoms with Gasteiger partial charge in [-0.1, -0.05) is 0 Å². The van der Waals surface area contributed by atoms with Crippen LogP contribution < -0.4 is 0 Å². The van der Waals surface area contributed by atoms with Gasteiger partial charge < -0.3 is 9.47 Å². The Morgan fingerprint density at radius 3 is 2.75 bits per heavy atom. The Bertz CT molecular complexity index is 1050. The Hall–Kier alpha value is -3.16. The third-order valence-electron chi connectivity index (χ3n) is 5.57. The summed E-state index contributed by atoms with van der Waals surface area (Å²) in [7, 11) is 0. The lowest BCUT2D eigenvalue weighted by Gasteiger charge is -2.28. The van der Waals surface area contributed by atoms with Crippen LogP contribution in [-0.4, -0.2) is 42.6 Å². The van der Waals surface area contributed by atoms with Gasteiger partial charge in [0.25, 0.3) is 5.91 Å². The lowest BCUT2D eigenvalue weighted by molar-refractivity contribution is 0.0661. The molecule has 142 valence electrons. The zero-order valence-electron chi connectivity index (χ0n) is 14.9. The van der Waals surface area contributed by atoms with Crippen molar-refractivity contribution < 1.29 is 13.6 Å². The molecule has 1 saturated heterocycles. The summed E-state index contributed by atoms with van der Waals surface area (Å²) in [5, 5.41) is 8.66. The third kappa shape index (κ3) is 2.67. The molecule has 4 heterocycles. The first kappa shape index (κ1) is 17.0. The highest BCUT2D eigenvalue weighted by atomic mass is 19.1. The van der Waals surface area contributed by atoms with Crippen molar-refractivity contribution in [3.05, 3.63) is 65.7 Å². The number of pyridine rings is 1. The van der Waals surface area contributed by atoms with Gasteiger partial charge in [0, 0.05) is 43.0 Å². The maximum absolute atomic E-state index is 14.2. The summed E-state index contributed by atoms with van der Waals surface area (Å²) in [4.78, 5) is 19.0. The maximum atomic E-state index is 14.2. The van der Waals surface area contributed by atoms with E-state index in [9.17, 15) is 13.6 Å². The van der Waals surface area contributed by atoms with Crippen molar-refractivity contribution >= 4 is 5.91 Å². The molecule has 6 nitrogen and oxygen atoms in total. The largest absolute Gasteiger partial charge is 0.330 e.